The zero-order valence-electron chi connectivity index (χ0n) is 10.5. The van der Waals surface area contributed by atoms with Crippen LogP contribution in [0.3, 0.4) is 0 Å². The van der Waals surface area contributed by atoms with Crippen LogP contribution in [0.15, 0.2) is 39.5 Å². The van der Waals surface area contributed by atoms with Crippen LogP contribution in [-0.2, 0) is 4.79 Å². The summed E-state index contributed by atoms with van der Waals surface area (Å²) in [5, 5.41) is 16.3. The Morgan fingerprint density at radius 2 is 2.37 bits per heavy atom. The number of rotatable bonds is 5. The summed E-state index contributed by atoms with van der Waals surface area (Å²) < 4.78 is 5.28. The van der Waals surface area contributed by atoms with Crippen LogP contribution in [0, 0.1) is 6.92 Å². The Balaban J connectivity index is 1.80. The van der Waals surface area contributed by atoms with Crippen molar-refractivity contribution >= 4 is 23.3 Å². The number of furan rings is 1. The number of hydrogen-bond donors (Lipinski definition) is 2. The van der Waals surface area contributed by atoms with E-state index in [9.17, 15) is 9.90 Å². The topological polar surface area (TPSA) is 62.5 Å². The van der Waals surface area contributed by atoms with Crippen LogP contribution >= 0.6 is 11.3 Å². The summed E-state index contributed by atoms with van der Waals surface area (Å²) in [7, 11) is 0. The first kappa shape index (κ1) is 13.6. The molecule has 0 saturated heterocycles. The smallest absolute Gasteiger partial charge is 0.244 e. The Kier molecular flexibility index (Phi) is 4.54. The van der Waals surface area contributed by atoms with Gasteiger partial charge in [0.15, 0.2) is 0 Å². The molecule has 0 saturated carbocycles. The second-order valence-corrected chi connectivity index (χ2v) is 4.88. The molecule has 0 bridgehead atoms. The van der Waals surface area contributed by atoms with Crippen molar-refractivity contribution in [3.63, 3.8) is 0 Å². The third kappa shape index (κ3) is 4.08. The molecule has 4 nitrogen and oxygen atoms in total. The second kappa shape index (κ2) is 6.36. The maximum atomic E-state index is 11.5. The lowest BCUT2D eigenvalue weighted by Gasteiger charge is -2.07. The first-order chi connectivity index (χ1) is 9.15. The molecule has 19 heavy (non-hydrogen) atoms. The van der Waals surface area contributed by atoms with Crippen molar-refractivity contribution in [3.05, 3.63) is 52.1 Å². The highest BCUT2D eigenvalue weighted by molar-refractivity contribution is 7.08. The van der Waals surface area contributed by atoms with Crippen molar-refractivity contribution in [3.8, 4) is 0 Å². The van der Waals surface area contributed by atoms with Gasteiger partial charge in [0, 0.05) is 6.08 Å². The van der Waals surface area contributed by atoms with Crippen LogP contribution in [0.1, 0.15) is 23.2 Å². The fourth-order valence-corrected chi connectivity index (χ4v) is 2.16. The van der Waals surface area contributed by atoms with Gasteiger partial charge in [0.2, 0.25) is 5.91 Å². The average molecular weight is 277 g/mol. The maximum absolute atomic E-state index is 11.5. The standard InChI is InChI=1S/C14H15NO3S/c1-10-2-4-13(18-10)12(16)8-15-14(17)5-3-11-6-7-19-9-11/h2-7,9,12,16H,8H2,1H3,(H,15,17)/b5-3+. The minimum atomic E-state index is -0.827. The fourth-order valence-electron chi connectivity index (χ4n) is 1.53. The van der Waals surface area contributed by atoms with Gasteiger partial charge in [0.1, 0.15) is 17.6 Å². The van der Waals surface area contributed by atoms with Crippen molar-refractivity contribution in [2.24, 2.45) is 0 Å². The monoisotopic (exact) mass is 277 g/mol. The molecule has 0 fully saturated rings. The quantitative estimate of drug-likeness (QED) is 0.825. The van der Waals surface area contributed by atoms with E-state index in [1.54, 1.807) is 36.5 Å². The Labute approximate surface area is 115 Å². The molecule has 0 aliphatic rings. The number of aryl methyl sites for hydroxylation is 1. The molecule has 0 spiro atoms. The summed E-state index contributed by atoms with van der Waals surface area (Å²) in [5.74, 6) is 0.950. The number of aliphatic hydroxyl groups is 1. The van der Waals surface area contributed by atoms with E-state index in [1.807, 2.05) is 16.8 Å². The van der Waals surface area contributed by atoms with E-state index >= 15 is 0 Å². The van der Waals surface area contributed by atoms with Crippen molar-refractivity contribution < 1.29 is 14.3 Å². The Morgan fingerprint density at radius 1 is 1.53 bits per heavy atom. The predicted octanol–water partition coefficient (Wildman–Crippen LogP) is 2.51. The third-order valence-corrected chi connectivity index (χ3v) is 3.23. The normalized spacial score (nSPS) is 12.7. The van der Waals surface area contributed by atoms with Gasteiger partial charge in [-0.25, -0.2) is 0 Å². The van der Waals surface area contributed by atoms with Gasteiger partial charge in [-0.1, -0.05) is 0 Å². The first-order valence-electron chi connectivity index (χ1n) is 5.87. The average Bonchev–Trinajstić information content (AvgIpc) is 3.04. The molecule has 2 rings (SSSR count). The SMILES string of the molecule is Cc1ccc(C(O)CNC(=O)/C=C/c2ccsc2)o1. The van der Waals surface area contributed by atoms with Crippen molar-refractivity contribution in [1.82, 2.24) is 5.32 Å². The molecular formula is C14H15NO3S. The minimum Gasteiger partial charge on any atom is -0.464 e. The zero-order chi connectivity index (χ0) is 13.7. The van der Waals surface area contributed by atoms with Crippen molar-refractivity contribution in [1.29, 1.82) is 0 Å². The summed E-state index contributed by atoms with van der Waals surface area (Å²) >= 11 is 1.57. The van der Waals surface area contributed by atoms with Gasteiger partial charge in [-0.2, -0.15) is 11.3 Å². The molecule has 5 heteroatoms. The summed E-state index contributed by atoms with van der Waals surface area (Å²) in [4.78, 5) is 11.5. The molecule has 0 radical (unpaired) electrons. The molecule has 100 valence electrons. The molecule has 0 aliphatic carbocycles. The van der Waals surface area contributed by atoms with E-state index < -0.39 is 6.10 Å². The van der Waals surface area contributed by atoms with Gasteiger partial charge in [-0.3, -0.25) is 4.79 Å². The number of carbonyl (C=O) groups excluding carboxylic acids is 1. The molecule has 2 heterocycles. The van der Waals surface area contributed by atoms with E-state index in [2.05, 4.69) is 5.32 Å². The molecular weight excluding hydrogens is 262 g/mol. The van der Waals surface area contributed by atoms with Crippen molar-refractivity contribution in [2.75, 3.05) is 6.54 Å². The molecule has 2 aromatic heterocycles. The summed E-state index contributed by atoms with van der Waals surface area (Å²) in [6.45, 7) is 1.93. The van der Waals surface area contributed by atoms with Crippen LogP contribution < -0.4 is 5.32 Å². The molecule has 1 atom stereocenters. The van der Waals surface area contributed by atoms with Crippen molar-refractivity contribution in [2.45, 2.75) is 13.0 Å². The van der Waals surface area contributed by atoms with Crippen LogP contribution in [-0.4, -0.2) is 17.6 Å². The minimum absolute atomic E-state index is 0.125. The van der Waals surface area contributed by atoms with E-state index in [-0.39, 0.29) is 12.5 Å². The van der Waals surface area contributed by atoms with Crippen LogP contribution in [0.2, 0.25) is 0 Å². The van der Waals surface area contributed by atoms with Crippen LogP contribution in [0.4, 0.5) is 0 Å². The van der Waals surface area contributed by atoms with Gasteiger partial charge in [0.05, 0.1) is 6.54 Å². The molecule has 0 aliphatic heterocycles. The van der Waals surface area contributed by atoms with Gasteiger partial charge in [0.25, 0.3) is 0 Å². The largest absolute Gasteiger partial charge is 0.464 e. The lowest BCUT2D eigenvalue weighted by atomic mass is 10.2. The number of carbonyl (C=O) groups is 1. The van der Waals surface area contributed by atoms with E-state index in [0.29, 0.717) is 5.76 Å². The Morgan fingerprint density at radius 3 is 3.00 bits per heavy atom. The van der Waals surface area contributed by atoms with Gasteiger partial charge < -0.3 is 14.8 Å². The summed E-state index contributed by atoms with van der Waals surface area (Å²) in [6, 6.07) is 5.40. The summed E-state index contributed by atoms with van der Waals surface area (Å²) in [5.41, 5.74) is 0.988. The second-order valence-electron chi connectivity index (χ2n) is 4.10. The fraction of sp³-hybridized carbons (Fsp3) is 0.214. The van der Waals surface area contributed by atoms with E-state index in [1.165, 1.54) is 6.08 Å². The molecule has 2 aromatic rings. The Bertz CT molecular complexity index is 557. The highest BCUT2D eigenvalue weighted by Gasteiger charge is 2.11. The van der Waals surface area contributed by atoms with Crippen LogP contribution in [0.25, 0.3) is 6.08 Å². The number of thiophene rings is 1. The first-order valence-corrected chi connectivity index (χ1v) is 6.82. The number of aliphatic hydroxyl groups excluding tert-OH is 1. The third-order valence-electron chi connectivity index (χ3n) is 2.53. The molecule has 2 N–H and O–H groups in total. The molecule has 0 aromatic carbocycles. The molecule has 1 unspecified atom stereocenters. The van der Waals surface area contributed by atoms with Crippen LogP contribution in [0.5, 0.6) is 0 Å². The lowest BCUT2D eigenvalue weighted by molar-refractivity contribution is -0.116. The predicted molar refractivity (Wildman–Crippen MR) is 74.8 cm³/mol. The van der Waals surface area contributed by atoms with Gasteiger partial charge >= 0.3 is 0 Å². The molecule has 1 amide bonds. The number of amides is 1. The Hall–Kier alpha value is -1.85. The lowest BCUT2D eigenvalue weighted by Crippen LogP contribution is -2.26. The van der Waals surface area contributed by atoms with E-state index in [4.69, 9.17) is 4.42 Å². The number of hydrogen-bond acceptors (Lipinski definition) is 4. The summed E-state index contributed by atoms with van der Waals surface area (Å²) in [6.07, 6.45) is 2.35. The van der Waals surface area contributed by atoms with Gasteiger partial charge in [-0.05, 0) is 47.5 Å². The number of nitrogens with one attached hydrogen (secondary N) is 1. The van der Waals surface area contributed by atoms with E-state index in [0.717, 1.165) is 11.3 Å². The highest BCUT2D eigenvalue weighted by Crippen LogP contribution is 2.15. The highest BCUT2D eigenvalue weighted by atomic mass is 32.1. The maximum Gasteiger partial charge on any atom is 0.244 e. The zero-order valence-corrected chi connectivity index (χ0v) is 11.3. The van der Waals surface area contributed by atoms with Gasteiger partial charge in [-0.15, -0.1) is 0 Å².